The Morgan fingerprint density at radius 3 is 2.00 bits per heavy atom. The van der Waals surface area contributed by atoms with Gasteiger partial charge in [0.05, 0.1) is 6.42 Å². The maximum absolute atomic E-state index is 12.3. The lowest BCUT2D eigenvalue weighted by molar-refractivity contribution is -0.147. The van der Waals surface area contributed by atoms with Gasteiger partial charge in [-0.25, -0.2) is 0 Å². The van der Waals surface area contributed by atoms with Crippen LogP contribution in [0.25, 0.3) is 11.1 Å². The average Bonchev–Trinajstić information content (AvgIpc) is 2.90. The number of carbonyl (C=O) groups is 1. The van der Waals surface area contributed by atoms with E-state index >= 15 is 0 Å². The normalized spacial score (nSPS) is 13.0. The second kappa shape index (κ2) is 6.97. The van der Waals surface area contributed by atoms with Crippen LogP contribution >= 0.6 is 0 Å². The van der Waals surface area contributed by atoms with Crippen molar-refractivity contribution in [2.75, 3.05) is 19.6 Å². The summed E-state index contributed by atoms with van der Waals surface area (Å²) in [5.74, 6) is -0.131. The minimum Gasteiger partial charge on any atom is -0.452 e. The molecule has 3 heteroatoms. The summed E-state index contributed by atoms with van der Waals surface area (Å²) in [6.07, 6.45) is 0.161. The third-order valence-corrected chi connectivity index (χ3v) is 4.55. The first-order valence-corrected chi connectivity index (χ1v) is 8.34. The van der Waals surface area contributed by atoms with Crippen molar-refractivity contribution in [2.24, 2.45) is 0 Å². The molecule has 0 unspecified atom stereocenters. The molecule has 1 aliphatic rings. The number of hydrogen-bond acceptors (Lipinski definition) is 3. The fraction of sp³-hybridized carbons (Fsp3) is 0.350. The predicted octanol–water partition coefficient (Wildman–Crippen LogP) is 4.03. The van der Waals surface area contributed by atoms with Gasteiger partial charge in [0.25, 0.3) is 0 Å². The Balaban J connectivity index is 1.76. The molecule has 0 saturated carbocycles. The van der Waals surface area contributed by atoms with Crippen LogP contribution in [0, 0.1) is 0 Å². The zero-order chi connectivity index (χ0) is 16.2. The van der Waals surface area contributed by atoms with Crippen LogP contribution in [-0.2, 0) is 9.53 Å². The predicted molar refractivity (Wildman–Crippen MR) is 92.2 cm³/mol. The number of rotatable bonds is 6. The van der Waals surface area contributed by atoms with Crippen LogP contribution < -0.4 is 0 Å². The number of hydrogen-bond donors (Lipinski definition) is 0. The summed E-state index contributed by atoms with van der Waals surface area (Å²) in [6, 6.07) is 16.4. The van der Waals surface area contributed by atoms with Gasteiger partial charge in [0.2, 0.25) is 0 Å². The smallest absolute Gasteiger partial charge is 0.308 e. The van der Waals surface area contributed by atoms with Crippen LogP contribution in [0.4, 0.5) is 0 Å². The molecule has 0 radical (unpaired) electrons. The molecular weight excluding hydrogens is 286 g/mol. The highest BCUT2D eigenvalue weighted by atomic mass is 16.5. The molecule has 120 valence electrons. The van der Waals surface area contributed by atoms with E-state index in [9.17, 15) is 4.79 Å². The van der Waals surface area contributed by atoms with Crippen LogP contribution in [0.1, 0.15) is 37.5 Å². The van der Waals surface area contributed by atoms with Gasteiger partial charge in [-0.05, 0) is 24.2 Å². The minimum absolute atomic E-state index is 0.131. The molecule has 0 atom stereocenters. The average molecular weight is 309 g/mol. The number of nitrogens with zero attached hydrogens (tertiary/aromatic N) is 1. The number of carbonyl (C=O) groups excluding carboxylic acids is 1. The highest BCUT2D eigenvalue weighted by molar-refractivity contribution is 5.80. The van der Waals surface area contributed by atoms with Crippen molar-refractivity contribution in [3.63, 3.8) is 0 Å². The fourth-order valence-corrected chi connectivity index (χ4v) is 3.22. The zero-order valence-corrected chi connectivity index (χ0v) is 13.8. The first-order valence-electron chi connectivity index (χ1n) is 8.34. The molecule has 0 heterocycles. The van der Waals surface area contributed by atoms with Crippen molar-refractivity contribution < 1.29 is 9.53 Å². The summed E-state index contributed by atoms with van der Waals surface area (Å²) in [7, 11) is 0. The molecule has 0 spiro atoms. The van der Waals surface area contributed by atoms with E-state index in [2.05, 4.69) is 43.0 Å². The number of fused-ring (bicyclic) bond motifs is 3. The van der Waals surface area contributed by atoms with Crippen LogP contribution in [0.2, 0.25) is 0 Å². The Morgan fingerprint density at radius 1 is 0.957 bits per heavy atom. The lowest BCUT2D eigenvalue weighted by Crippen LogP contribution is -2.26. The molecule has 0 saturated heterocycles. The third-order valence-electron chi connectivity index (χ3n) is 4.55. The molecule has 0 N–H and O–H groups in total. The van der Waals surface area contributed by atoms with E-state index in [0.717, 1.165) is 30.8 Å². The van der Waals surface area contributed by atoms with Gasteiger partial charge in [0.1, 0.15) is 0 Å². The summed E-state index contributed by atoms with van der Waals surface area (Å²) in [5, 5.41) is 0. The van der Waals surface area contributed by atoms with Crippen LogP contribution in [0.5, 0.6) is 0 Å². The van der Waals surface area contributed by atoms with Crippen molar-refractivity contribution in [1.82, 2.24) is 4.90 Å². The Bertz CT molecular complexity index is 646. The molecule has 0 aromatic heterocycles. The summed E-state index contributed by atoms with van der Waals surface area (Å²) in [5.41, 5.74) is 4.52. The number of benzene rings is 2. The molecule has 3 nitrogen and oxygen atoms in total. The maximum atomic E-state index is 12.3. The third kappa shape index (κ3) is 3.15. The molecule has 0 amide bonds. The first kappa shape index (κ1) is 15.8. The van der Waals surface area contributed by atoms with E-state index in [-0.39, 0.29) is 12.1 Å². The summed E-state index contributed by atoms with van der Waals surface area (Å²) in [4.78, 5) is 14.5. The Morgan fingerprint density at radius 2 is 1.48 bits per heavy atom. The van der Waals surface area contributed by atoms with Crippen molar-refractivity contribution in [3.05, 3.63) is 59.7 Å². The Kier molecular flexibility index (Phi) is 4.77. The topological polar surface area (TPSA) is 29.5 Å². The molecule has 3 rings (SSSR count). The Labute approximate surface area is 137 Å². The highest BCUT2D eigenvalue weighted by Crippen LogP contribution is 2.45. The largest absolute Gasteiger partial charge is 0.452 e. The van der Waals surface area contributed by atoms with E-state index < -0.39 is 0 Å². The van der Waals surface area contributed by atoms with Gasteiger partial charge in [-0.1, -0.05) is 62.4 Å². The standard InChI is InChI=1S/C20H23NO2/c1-3-21(4-2)14-13-19(22)23-20-17-11-7-5-9-15(17)16-10-6-8-12-18(16)20/h5-12,20H,3-4,13-14H2,1-2H3. The van der Waals surface area contributed by atoms with E-state index in [4.69, 9.17) is 4.74 Å². The van der Waals surface area contributed by atoms with E-state index in [1.807, 2.05) is 24.3 Å². The van der Waals surface area contributed by atoms with Crippen LogP contribution in [-0.4, -0.2) is 30.5 Å². The number of esters is 1. The van der Waals surface area contributed by atoms with Crippen molar-refractivity contribution in [1.29, 1.82) is 0 Å². The molecule has 2 aromatic rings. The summed E-state index contributed by atoms with van der Waals surface area (Å²) < 4.78 is 5.84. The fourth-order valence-electron chi connectivity index (χ4n) is 3.22. The van der Waals surface area contributed by atoms with Crippen molar-refractivity contribution in [3.8, 4) is 11.1 Å². The first-order chi connectivity index (χ1) is 11.2. The summed E-state index contributed by atoms with van der Waals surface area (Å²) >= 11 is 0. The maximum Gasteiger partial charge on any atom is 0.308 e. The SMILES string of the molecule is CCN(CC)CCC(=O)OC1c2ccccc2-c2ccccc21. The molecule has 2 aromatic carbocycles. The van der Waals surface area contributed by atoms with Crippen LogP contribution in [0.15, 0.2) is 48.5 Å². The molecule has 1 aliphatic carbocycles. The number of ether oxygens (including phenoxy) is 1. The van der Waals surface area contributed by atoms with Gasteiger partial charge < -0.3 is 9.64 Å². The second-order valence-corrected chi connectivity index (χ2v) is 5.82. The molecule has 0 fully saturated rings. The van der Waals surface area contributed by atoms with Crippen molar-refractivity contribution >= 4 is 5.97 Å². The van der Waals surface area contributed by atoms with Gasteiger partial charge in [-0.2, -0.15) is 0 Å². The second-order valence-electron chi connectivity index (χ2n) is 5.82. The van der Waals surface area contributed by atoms with Gasteiger partial charge in [-0.3, -0.25) is 4.79 Å². The Hall–Kier alpha value is -2.13. The van der Waals surface area contributed by atoms with Gasteiger partial charge in [-0.15, -0.1) is 0 Å². The van der Waals surface area contributed by atoms with Gasteiger partial charge in [0, 0.05) is 17.7 Å². The zero-order valence-electron chi connectivity index (χ0n) is 13.8. The van der Waals surface area contributed by atoms with Gasteiger partial charge in [0.15, 0.2) is 6.10 Å². The van der Waals surface area contributed by atoms with Gasteiger partial charge >= 0.3 is 5.97 Å². The minimum atomic E-state index is -0.272. The van der Waals surface area contributed by atoms with Crippen LogP contribution in [0.3, 0.4) is 0 Å². The molecule has 0 aliphatic heterocycles. The monoisotopic (exact) mass is 309 g/mol. The lowest BCUT2D eigenvalue weighted by Gasteiger charge is -2.19. The van der Waals surface area contributed by atoms with Crippen molar-refractivity contribution in [2.45, 2.75) is 26.4 Å². The lowest BCUT2D eigenvalue weighted by atomic mass is 10.1. The van der Waals surface area contributed by atoms with E-state index in [0.29, 0.717) is 6.42 Å². The molecule has 23 heavy (non-hydrogen) atoms. The summed E-state index contributed by atoms with van der Waals surface area (Å²) in [6.45, 7) is 6.89. The van der Waals surface area contributed by atoms with E-state index in [1.165, 1.54) is 11.1 Å². The molecular formula is C20H23NO2. The van der Waals surface area contributed by atoms with E-state index in [1.54, 1.807) is 0 Å². The molecule has 0 bridgehead atoms. The highest BCUT2D eigenvalue weighted by Gasteiger charge is 2.30. The quantitative estimate of drug-likeness (QED) is 0.755.